The lowest BCUT2D eigenvalue weighted by Crippen LogP contribution is -1.96. The van der Waals surface area contributed by atoms with Crippen molar-refractivity contribution in [3.63, 3.8) is 0 Å². The second kappa shape index (κ2) is 4.52. The van der Waals surface area contributed by atoms with Crippen molar-refractivity contribution in [3.8, 4) is 16.9 Å². The number of aromatic carboxylic acids is 1. The van der Waals surface area contributed by atoms with Gasteiger partial charge in [0.2, 0.25) is 0 Å². The van der Waals surface area contributed by atoms with Crippen LogP contribution in [0.5, 0.6) is 5.75 Å². The number of hydrogen-bond donors (Lipinski definition) is 2. The first-order valence-electron chi connectivity index (χ1n) is 6.96. The predicted molar refractivity (Wildman–Crippen MR) is 80.7 cm³/mol. The van der Waals surface area contributed by atoms with E-state index in [0.29, 0.717) is 17.5 Å². The van der Waals surface area contributed by atoms with Crippen LogP contribution in [0.25, 0.3) is 21.9 Å². The van der Waals surface area contributed by atoms with Gasteiger partial charge in [-0.3, -0.25) is 0 Å². The highest BCUT2D eigenvalue weighted by molar-refractivity contribution is 6.05. The van der Waals surface area contributed by atoms with Crippen molar-refractivity contribution in [2.24, 2.45) is 0 Å². The number of carbonyl (C=O) groups is 1. The Kier molecular flexibility index (Phi) is 2.69. The summed E-state index contributed by atoms with van der Waals surface area (Å²) in [5.41, 5.74) is 2.90. The molecule has 0 spiro atoms. The van der Waals surface area contributed by atoms with Crippen LogP contribution in [0.15, 0.2) is 36.4 Å². The molecular formula is C18H10F2O3. The topological polar surface area (TPSA) is 57.5 Å². The van der Waals surface area contributed by atoms with E-state index in [9.17, 15) is 18.7 Å². The smallest absolute Gasteiger partial charge is 0.335 e. The van der Waals surface area contributed by atoms with E-state index in [1.807, 2.05) is 0 Å². The Morgan fingerprint density at radius 2 is 1.83 bits per heavy atom. The van der Waals surface area contributed by atoms with E-state index in [0.717, 1.165) is 17.2 Å². The number of aromatic hydroxyl groups is 1. The fraction of sp³-hybridized carbons (Fsp3) is 0.0556. The van der Waals surface area contributed by atoms with Crippen molar-refractivity contribution < 1.29 is 23.8 Å². The van der Waals surface area contributed by atoms with Gasteiger partial charge < -0.3 is 10.2 Å². The SMILES string of the molecule is O=C(O)c1ccc2c(c1)-c1c(cc(O)c3c(F)cc(F)cc13)C2. The Bertz CT molecular complexity index is 1010. The zero-order chi connectivity index (χ0) is 16.3. The summed E-state index contributed by atoms with van der Waals surface area (Å²) in [7, 11) is 0. The van der Waals surface area contributed by atoms with Crippen molar-refractivity contribution in [2.45, 2.75) is 6.42 Å². The van der Waals surface area contributed by atoms with Gasteiger partial charge >= 0.3 is 5.97 Å². The molecule has 1 aliphatic rings. The molecule has 0 atom stereocenters. The van der Waals surface area contributed by atoms with E-state index in [4.69, 9.17) is 5.11 Å². The molecule has 0 saturated carbocycles. The summed E-state index contributed by atoms with van der Waals surface area (Å²) < 4.78 is 27.7. The van der Waals surface area contributed by atoms with Crippen molar-refractivity contribution in [3.05, 3.63) is 64.7 Å². The molecule has 3 nitrogen and oxygen atoms in total. The third-order valence-electron chi connectivity index (χ3n) is 4.22. The Morgan fingerprint density at radius 1 is 1.04 bits per heavy atom. The van der Waals surface area contributed by atoms with Gasteiger partial charge in [0.1, 0.15) is 17.4 Å². The monoisotopic (exact) mass is 312 g/mol. The maximum atomic E-state index is 14.1. The first-order chi connectivity index (χ1) is 11.0. The van der Waals surface area contributed by atoms with Gasteiger partial charge in [-0.05, 0) is 58.3 Å². The van der Waals surface area contributed by atoms with Crippen LogP contribution in [0, 0.1) is 11.6 Å². The van der Waals surface area contributed by atoms with Gasteiger partial charge in [0, 0.05) is 6.07 Å². The first kappa shape index (κ1) is 13.7. The number of phenolic OH excluding ortho intramolecular Hbond substituents is 1. The van der Waals surface area contributed by atoms with Crippen LogP contribution in [-0.4, -0.2) is 16.2 Å². The third-order valence-corrected chi connectivity index (χ3v) is 4.22. The minimum absolute atomic E-state index is 0.0567. The fourth-order valence-corrected chi connectivity index (χ4v) is 3.27. The lowest BCUT2D eigenvalue weighted by Gasteiger charge is -2.10. The quantitative estimate of drug-likeness (QED) is 0.556. The van der Waals surface area contributed by atoms with Crippen LogP contribution < -0.4 is 0 Å². The standard InChI is InChI=1S/C18H10F2O3/c19-11-6-13-16-10(5-15(21)17(13)14(20)7-11)3-8-1-2-9(18(22)23)4-12(8)16/h1-2,4-7,21H,3H2,(H,22,23). The molecule has 0 aromatic heterocycles. The van der Waals surface area contributed by atoms with Crippen LogP contribution in [0.1, 0.15) is 21.5 Å². The van der Waals surface area contributed by atoms with Crippen molar-refractivity contribution in [1.82, 2.24) is 0 Å². The molecule has 2 N–H and O–H groups in total. The van der Waals surface area contributed by atoms with E-state index in [1.165, 1.54) is 24.3 Å². The highest BCUT2D eigenvalue weighted by Crippen LogP contribution is 2.45. The number of phenols is 1. The molecule has 4 rings (SSSR count). The molecule has 0 fully saturated rings. The van der Waals surface area contributed by atoms with Crippen molar-refractivity contribution in [2.75, 3.05) is 0 Å². The maximum absolute atomic E-state index is 14.1. The maximum Gasteiger partial charge on any atom is 0.335 e. The molecule has 0 radical (unpaired) electrons. The van der Waals surface area contributed by atoms with Gasteiger partial charge in [-0.25, -0.2) is 13.6 Å². The summed E-state index contributed by atoms with van der Waals surface area (Å²) in [4.78, 5) is 11.2. The molecule has 3 aromatic carbocycles. The molecule has 0 bridgehead atoms. The molecule has 0 heterocycles. The largest absolute Gasteiger partial charge is 0.507 e. The number of benzene rings is 3. The average Bonchev–Trinajstić information content (AvgIpc) is 2.83. The Hall–Kier alpha value is -2.95. The Morgan fingerprint density at radius 3 is 2.57 bits per heavy atom. The predicted octanol–water partition coefficient (Wildman–Crippen LogP) is 4.09. The summed E-state index contributed by atoms with van der Waals surface area (Å²) in [6, 6.07) is 8.03. The van der Waals surface area contributed by atoms with Crippen LogP contribution in [-0.2, 0) is 6.42 Å². The van der Waals surface area contributed by atoms with E-state index in [1.54, 1.807) is 6.07 Å². The number of hydrogen-bond acceptors (Lipinski definition) is 2. The van der Waals surface area contributed by atoms with Gasteiger partial charge in [0.05, 0.1) is 10.9 Å². The summed E-state index contributed by atoms with van der Waals surface area (Å²) in [5, 5.41) is 19.4. The van der Waals surface area contributed by atoms with Gasteiger partial charge in [-0.15, -0.1) is 0 Å². The van der Waals surface area contributed by atoms with Crippen molar-refractivity contribution in [1.29, 1.82) is 0 Å². The zero-order valence-corrected chi connectivity index (χ0v) is 11.7. The molecular weight excluding hydrogens is 302 g/mol. The van der Waals surface area contributed by atoms with Crippen LogP contribution in [0.2, 0.25) is 0 Å². The molecule has 5 heteroatoms. The lowest BCUT2D eigenvalue weighted by molar-refractivity contribution is 0.0697. The van der Waals surface area contributed by atoms with Crippen LogP contribution >= 0.6 is 0 Å². The summed E-state index contributed by atoms with van der Waals surface area (Å²) in [5.74, 6) is -2.90. The fourth-order valence-electron chi connectivity index (χ4n) is 3.27. The highest BCUT2D eigenvalue weighted by atomic mass is 19.1. The Labute approximate surface area is 129 Å². The van der Waals surface area contributed by atoms with Gasteiger partial charge in [0.25, 0.3) is 0 Å². The number of fused-ring (bicyclic) bond motifs is 5. The van der Waals surface area contributed by atoms with Crippen LogP contribution in [0.3, 0.4) is 0 Å². The highest BCUT2D eigenvalue weighted by Gasteiger charge is 2.25. The van der Waals surface area contributed by atoms with E-state index < -0.39 is 17.6 Å². The van der Waals surface area contributed by atoms with Gasteiger partial charge in [0.15, 0.2) is 0 Å². The van der Waals surface area contributed by atoms with E-state index in [-0.39, 0.29) is 22.1 Å². The third kappa shape index (κ3) is 1.90. The average molecular weight is 312 g/mol. The van der Waals surface area contributed by atoms with E-state index >= 15 is 0 Å². The number of rotatable bonds is 1. The van der Waals surface area contributed by atoms with Gasteiger partial charge in [-0.2, -0.15) is 0 Å². The molecule has 114 valence electrons. The normalized spacial score (nSPS) is 12.3. The van der Waals surface area contributed by atoms with Crippen LogP contribution in [0.4, 0.5) is 8.78 Å². The van der Waals surface area contributed by atoms with E-state index in [2.05, 4.69) is 0 Å². The second-order valence-corrected chi connectivity index (χ2v) is 5.59. The molecule has 0 aliphatic heterocycles. The minimum Gasteiger partial charge on any atom is -0.507 e. The zero-order valence-electron chi connectivity index (χ0n) is 11.7. The lowest BCUT2D eigenvalue weighted by atomic mass is 9.96. The number of carboxylic acid groups (broad SMARTS) is 1. The first-order valence-corrected chi connectivity index (χ1v) is 6.96. The molecule has 0 amide bonds. The molecule has 3 aromatic rings. The molecule has 0 unspecified atom stereocenters. The Balaban J connectivity index is 2.13. The summed E-state index contributed by atoms with van der Waals surface area (Å²) in [6.45, 7) is 0. The number of carboxylic acids is 1. The molecule has 1 aliphatic carbocycles. The number of halogens is 2. The molecule has 0 saturated heterocycles. The molecule has 23 heavy (non-hydrogen) atoms. The van der Waals surface area contributed by atoms with Gasteiger partial charge in [-0.1, -0.05) is 6.07 Å². The van der Waals surface area contributed by atoms with Crippen molar-refractivity contribution >= 4 is 16.7 Å². The summed E-state index contributed by atoms with van der Waals surface area (Å²) >= 11 is 0. The second-order valence-electron chi connectivity index (χ2n) is 5.59. The minimum atomic E-state index is -1.07. The summed E-state index contributed by atoms with van der Waals surface area (Å²) in [6.07, 6.45) is 0.478.